The summed E-state index contributed by atoms with van der Waals surface area (Å²) in [4.78, 5) is 38.3. The van der Waals surface area contributed by atoms with Crippen LogP contribution in [0.2, 0.25) is 0 Å². The zero-order chi connectivity index (χ0) is 25.3. The van der Waals surface area contributed by atoms with Gasteiger partial charge in [0, 0.05) is 12.6 Å². The number of ether oxygens (including phenoxy) is 1. The van der Waals surface area contributed by atoms with Crippen LogP contribution >= 0.6 is 15.9 Å². The maximum Gasteiger partial charge on any atom is 0.271 e. The first-order chi connectivity index (χ1) is 16.0. The summed E-state index contributed by atoms with van der Waals surface area (Å²) in [5.41, 5.74) is -0.986. The number of nitrogens with zero attached hydrogens (tertiary/aromatic N) is 6. The van der Waals surface area contributed by atoms with E-state index in [2.05, 4.69) is 26.2 Å². The number of nitriles is 2. The van der Waals surface area contributed by atoms with Crippen molar-refractivity contribution in [2.24, 2.45) is 10.2 Å². The van der Waals surface area contributed by atoms with Crippen molar-refractivity contribution in [1.29, 1.82) is 10.5 Å². The summed E-state index contributed by atoms with van der Waals surface area (Å²) in [6.45, 7) is 5.14. The normalized spacial score (nSPS) is 13.0. The van der Waals surface area contributed by atoms with E-state index < -0.39 is 23.3 Å². The van der Waals surface area contributed by atoms with Gasteiger partial charge in [-0.2, -0.15) is 10.5 Å². The molecule has 0 fully saturated rings. The van der Waals surface area contributed by atoms with Gasteiger partial charge in [0.1, 0.15) is 23.4 Å². The van der Waals surface area contributed by atoms with Crippen LogP contribution in [0, 0.1) is 29.6 Å². The molecule has 0 radical (unpaired) electrons. The number of pyridine rings is 1. The van der Waals surface area contributed by atoms with Crippen molar-refractivity contribution in [3.63, 3.8) is 0 Å². The number of aromatic nitrogens is 1. The number of azo groups is 1. The van der Waals surface area contributed by atoms with Crippen LogP contribution in [0.4, 0.5) is 11.4 Å². The summed E-state index contributed by atoms with van der Waals surface area (Å²) in [7, 11) is 1.32. The average molecular weight is 527 g/mol. The molecule has 3 rings (SSSR count). The second kappa shape index (κ2) is 9.55. The Kier molecular flexibility index (Phi) is 6.96. The molecule has 1 N–H and O–H groups in total. The molecule has 174 valence electrons. The zero-order valence-electron chi connectivity index (χ0n) is 18.7. The lowest BCUT2D eigenvalue weighted by Crippen LogP contribution is -2.26. The Morgan fingerprint density at radius 1 is 1.15 bits per heavy atom. The number of halogens is 1. The minimum Gasteiger partial charge on any atom is -0.493 e. The van der Waals surface area contributed by atoms with Crippen molar-refractivity contribution in [2.75, 3.05) is 13.7 Å². The molecule has 0 atom stereocenters. The van der Waals surface area contributed by atoms with Gasteiger partial charge in [-0.15, -0.1) is 10.2 Å². The van der Waals surface area contributed by atoms with Crippen LogP contribution in [-0.2, 0) is 11.3 Å². The largest absolute Gasteiger partial charge is 0.493 e. The number of carbonyl (C=O) groups is 2. The molecule has 1 aliphatic heterocycles. The molecule has 2 heterocycles. The monoisotopic (exact) mass is 526 g/mol. The fourth-order valence-electron chi connectivity index (χ4n) is 3.39. The van der Waals surface area contributed by atoms with Gasteiger partial charge in [-0.05, 0) is 42.8 Å². The number of rotatable bonds is 6. The van der Waals surface area contributed by atoms with Gasteiger partial charge in [-0.1, -0.05) is 0 Å². The Balaban J connectivity index is 2.17. The lowest BCUT2D eigenvalue weighted by molar-refractivity contribution is 0.0691. The molecular weight excluding hydrogens is 508 g/mol. The molecule has 0 bridgehead atoms. The Bertz CT molecular complexity index is 1400. The van der Waals surface area contributed by atoms with Crippen LogP contribution in [0.5, 0.6) is 5.88 Å². The van der Waals surface area contributed by atoms with Crippen molar-refractivity contribution in [1.82, 2.24) is 9.47 Å². The maximum atomic E-state index is 12.7. The highest BCUT2D eigenvalue weighted by molar-refractivity contribution is 9.10. The van der Waals surface area contributed by atoms with Crippen LogP contribution in [-0.4, -0.2) is 46.1 Å². The first-order valence-corrected chi connectivity index (χ1v) is 10.8. The molecule has 0 spiro atoms. The van der Waals surface area contributed by atoms with Crippen molar-refractivity contribution in [3.8, 4) is 18.0 Å². The molecule has 0 aliphatic carbocycles. The summed E-state index contributed by atoms with van der Waals surface area (Å²) >= 11 is 3.24. The zero-order valence-corrected chi connectivity index (χ0v) is 20.3. The van der Waals surface area contributed by atoms with E-state index >= 15 is 0 Å². The fraction of sp³-hybridized carbons (Fsp3) is 0.318. The summed E-state index contributed by atoms with van der Waals surface area (Å²) in [6, 6.07) is 4.97. The highest BCUT2D eigenvalue weighted by atomic mass is 79.9. The molecule has 11 nitrogen and oxygen atoms in total. The predicted molar refractivity (Wildman–Crippen MR) is 122 cm³/mol. The van der Waals surface area contributed by atoms with E-state index in [9.17, 15) is 30.0 Å². The highest BCUT2D eigenvalue weighted by Crippen LogP contribution is 2.40. The molecule has 0 saturated carbocycles. The Hall–Kier alpha value is -3.87. The number of carbonyl (C=O) groups excluding carboxylic acids is 2. The highest BCUT2D eigenvalue weighted by Gasteiger charge is 2.37. The average Bonchev–Trinajstić information content (AvgIpc) is 3.00. The van der Waals surface area contributed by atoms with E-state index in [0.29, 0.717) is 0 Å². The Morgan fingerprint density at radius 3 is 2.38 bits per heavy atom. The van der Waals surface area contributed by atoms with E-state index in [-0.39, 0.29) is 62.9 Å². The number of benzene rings is 1. The number of aromatic hydroxyl groups is 1. The van der Waals surface area contributed by atoms with E-state index in [1.54, 1.807) is 0 Å². The third-order valence-electron chi connectivity index (χ3n) is 5.20. The van der Waals surface area contributed by atoms with Crippen LogP contribution < -0.4 is 5.56 Å². The van der Waals surface area contributed by atoms with Gasteiger partial charge in [0.2, 0.25) is 5.88 Å². The van der Waals surface area contributed by atoms with Gasteiger partial charge in [0.25, 0.3) is 17.4 Å². The van der Waals surface area contributed by atoms with Crippen LogP contribution in [0.1, 0.15) is 51.3 Å². The third kappa shape index (κ3) is 4.09. The standard InChI is InChI=1S/C22H19BrN6O5/c1-10(2)34-6-5-29-20(31)14(9-25)11(3)17(22(29)33)26-27-18-12(8-24)7-13-15(16(18)23)21(32)28(4)19(13)30/h7,10,33H,5-6H2,1-4H3/b27-26+. The summed E-state index contributed by atoms with van der Waals surface area (Å²) in [5, 5.41) is 37.8. The van der Waals surface area contributed by atoms with Gasteiger partial charge in [-0.25, -0.2) is 0 Å². The molecule has 1 aliphatic rings. The number of fused-ring (bicyclic) bond motifs is 1. The van der Waals surface area contributed by atoms with Crippen molar-refractivity contribution in [3.05, 3.63) is 48.7 Å². The summed E-state index contributed by atoms with van der Waals surface area (Å²) in [6.07, 6.45) is -0.104. The van der Waals surface area contributed by atoms with E-state index in [4.69, 9.17) is 4.74 Å². The van der Waals surface area contributed by atoms with Crippen molar-refractivity contribution >= 4 is 39.1 Å². The molecular formula is C22H19BrN6O5. The fourth-order valence-corrected chi connectivity index (χ4v) is 4.06. The van der Waals surface area contributed by atoms with E-state index in [0.717, 1.165) is 9.47 Å². The van der Waals surface area contributed by atoms with Gasteiger partial charge in [0.05, 0.1) is 40.4 Å². The third-order valence-corrected chi connectivity index (χ3v) is 5.97. The van der Waals surface area contributed by atoms with Crippen LogP contribution in [0.3, 0.4) is 0 Å². The van der Waals surface area contributed by atoms with Gasteiger partial charge >= 0.3 is 0 Å². The number of hydrogen-bond acceptors (Lipinski definition) is 9. The van der Waals surface area contributed by atoms with E-state index in [1.165, 1.54) is 20.0 Å². The SMILES string of the molecule is Cc1c(/N=N/c2c(C#N)cc3c(c2Br)C(=O)N(C)C3=O)c(O)n(CCOC(C)C)c(=O)c1C#N. The summed E-state index contributed by atoms with van der Waals surface area (Å²) < 4.78 is 6.48. The Morgan fingerprint density at radius 2 is 1.79 bits per heavy atom. The lowest BCUT2D eigenvalue weighted by Gasteiger charge is -2.14. The molecule has 1 aromatic heterocycles. The smallest absolute Gasteiger partial charge is 0.271 e. The molecule has 2 aromatic rings. The Labute approximate surface area is 202 Å². The first-order valence-electron chi connectivity index (χ1n) is 10.0. The quantitative estimate of drug-likeness (QED) is 0.445. The van der Waals surface area contributed by atoms with Gasteiger partial charge in [0.15, 0.2) is 5.69 Å². The van der Waals surface area contributed by atoms with Crippen LogP contribution in [0.15, 0.2) is 25.6 Å². The van der Waals surface area contributed by atoms with Crippen molar-refractivity contribution < 1.29 is 19.4 Å². The molecule has 0 unspecified atom stereocenters. The van der Waals surface area contributed by atoms with Crippen LogP contribution in [0.25, 0.3) is 0 Å². The summed E-state index contributed by atoms with van der Waals surface area (Å²) in [5.74, 6) is -1.65. The minimum atomic E-state index is -0.702. The maximum absolute atomic E-state index is 12.7. The van der Waals surface area contributed by atoms with Gasteiger partial charge < -0.3 is 9.84 Å². The second-order valence-electron chi connectivity index (χ2n) is 7.65. The van der Waals surface area contributed by atoms with E-state index in [1.807, 2.05) is 26.0 Å². The second-order valence-corrected chi connectivity index (χ2v) is 8.44. The molecule has 1 aromatic carbocycles. The molecule has 34 heavy (non-hydrogen) atoms. The lowest BCUT2D eigenvalue weighted by atomic mass is 10.0. The van der Waals surface area contributed by atoms with Crippen molar-refractivity contribution in [2.45, 2.75) is 33.4 Å². The first kappa shape index (κ1) is 24.8. The number of amides is 2. The van der Waals surface area contributed by atoms with Gasteiger partial charge in [-0.3, -0.25) is 23.9 Å². The topological polar surface area (TPSA) is 161 Å². The number of hydrogen-bond donors (Lipinski definition) is 1. The number of imide groups is 1. The molecule has 2 amide bonds. The predicted octanol–water partition coefficient (Wildman–Crippen LogP) is 3.43. The minimum absolute atomic E-state index is 0.0325. The molecule has 0 saturated heterocycles. The molecule has 12 heteroatoms.